The molecule has 5 aromatic rings. The van der Waals surface area contributed by atoms with E-state index in [0.29, 0.717) is 5.56 Å². The minimum atomic E-state index is -0.462. The molecule has 1 amide bonds. The molecule has 1 N–H and O–H groups in total. The van der Waals surface area contributed by atoms with Crippen LogP contribution in [0.1, 0.15) is 33.0 Å². The number of amides is 1. The number of aryl methyl sites for hydroxylation is 2. The maximum atomic E-state index is 13.6. The Morgan fingerprint density at radius 3 is 2.26 bits per heavy atom. The number of nitrogens with zero attached hydrogens (tertiary/aromatic N) is 3. The van der Waals surface area contributed by atoms with Crippen LogP contribution in [0, 0.1) is 26.6 Å². The Morgan fingerprint density at radius 2 is 1.55 bits per heavy atom. The van der Waals surface area contributed by atoms with E-state index in [-0.39, 0.29) is 10.9 Å². The van der Waals surface area contributed by atoms with Crippen LogP contribution in [0.25, 0.3) is 22.6 Å². The number of halogens is 2. The van der Waals surface area contributed by atoms with Crippen molar-refractivity contribution in [2.24, 2.45) is 5.10 Å². The Hall–Kier alpha value is -4.42. The van der Waals surface area contributed by atoms with Crippen molar-refractivity contribution in [3.63, 3.8) is 0 Å². The third-order valence-corrected chi connectivity index (χ3v) is 6.82. The van der Waals surface area contributed by atoms with Crippen LogP contribution in [0.2, 0.25) is 5.02 Å². The lowest BCUT2D eigenvalue weighted by Crippen LogP contribution is -2.17. The Bertz CT molecular complexity index is 1650. The molecule has 0 radical (unpaired) electrons. The van der Waals surface area contributed by atoms with Crippen LogP contribution in [0.4, 0.5) is 4.39 Å². The monoisotopic (exact) mass is 524 g/mol. The van der Waals surface area contributed by atoms with Gasteiger partial charge in [-0.3, -0.25) is 4.79 Å². The molecule has 0 unspecified atom stereocenters. The predicted octanol–water partition coefficient (Wildman–Crippen LogP) is 7.42. The molecule has 0 spiro atoms. The lowest BCUT2D eigenvalue weighted by Gasteiger charge is -2.12. The summed E-state index contributed by atoms with van der Waals surface area (Å²) in [6.45, 7) is 5.93. The van der Waals surface area contributed by atoms with Gasteiger partial charge < -0.3 is 9.13 Å². The van der Waals surface area contributed by atoms with Gasteiger partial charge in [0.15, 0.2) is 0 Å². The Balaban J connectivity index is 1.31. The summed E-state index contributed by atoms with van der Waals surface area (Å²) in [5, 5.41) is 4.23. The van der Waals surface area contributed by atoms with E-state index in [9.17, 15) is 9.18 Å². The molecule has 0 bridgehead atoms. The summed E-state index contributed by atoms with van der Waals surface area (Å²) in [5.41, 5.74) is 10.8. The maximum absolute atomic E-state index is 13.6. The molecule has 0 atom stereocenters. The summed E-state index contributed by atoms with van der Waals surface area (Å²) in [5.74, 6) is -0.769. The van der Waals surface area contributed by atoms with Crippen LogP contribution in [-0.2, 0) is 0 Å². The highest BCUT2D eigenvalue weighted by Crippen LogP contribution is 2.27. The number of hydrazone groups is 1. The molecule has 5 nitrogen and oxygen atoms in total. The third-order valence-electron chi connectivity index (χ3n) is 6.53. The molecule has 0 fully saturated rings. The fourth-order valence-corrected chi connectivity index (χ4v) is 4.82. The molecule has 0 saturated carbocycles. The van der Waals surface area contributed by atoms with Gasteiger partial charge in [-0.2, -0.15) is 5.10 Å². The van der Waals surface area contributed by atoms with Crippen LogP contribution in [-0.4, -0.2) is 21.3 Å². The Labute approximate surface area is 225 Å². The van der Waals surface area contributed by atoms with E-state index in [1.807, 2.05) is 54.8 Å². The van der Waals surface area contributed by atoms with Crippen LogP contribution >= 0.6 is 11.6 Å². The molecule has 2 aromatic heterocycles. The highest BCUT2D eigenvalue weighted by molar-refractivity contribution is 6.30. The van der Waals surface area contributed by atoms with Crippen molar-refractivity contribution >= 4 is 23.7 Å². The summed E-state index contributed by atoms with van der Waals surface area (Å²) in [6.07, 6.45) is 1.60. The van der Waals surface area contributed by atoms with Gasteiger partial charge in [0.1, 0.15) is 5.82 Å². The normalized spacial score (nSPS) is 11.3. The molecule has 38 heavy (non-hydrogen) atoms. The standard InChI is InChI=1S/C31H26ClFN4O/c1-20-9-16-30(23-7-5-4-6-8-23)37(20)26-12-10-24(11-13-26)31(38)35-34-19-25-17-21(2)36(22(25)3)27-14-15-29(33)28(32)18-27/h4-19H,1-3H3,(H,35,38)/b34-19+. The van der Waals surface area contributed by atoms with Crippen LogP contribution in [0.3, 0.4) is 0 Å². The first-order valence-electron chi connectivity index (χ1n) is 12.2. The Morgan fingerprint density at radius 1 is 0.842 bits per heavy atom. The average Bonchev–Trinajstić information content (AvgIpc) is 3.44. The second-order valence-electron chi connectivity index (χ2n) is 9.07. The quantitative estimate of drug-likeness (QED) is 0.182. The first-order chi connectivity index (χ1) is 18.3. The van der Waals surface area contributed by atoms with Gasteiger partial charge in [-0.25, -0.2) is 9.82 Å². The first kappa shape index (κ1) is 25.2. The molecule has 2 heterocycles. The van der Waals surface area contributed by atoms with Gasteiger partial charge in [-0.05, 0) is 87.0 Å². The number of nitrogens with one attached hydrogen (secondary N) is 1. The second-order valence-corrected chi connectivity index (χ2v) is 9.47. The SMILES string of the molecule is Cc1ccc(-c2ccccc2)n1-c1ccc(C(=O)N/N=C/c2cc(C)n(-c3ccc(F)c(Cl)c3)c2C)cc1. The van der Waals surface area contributed by atoms with Crippen LogP contribution < -0.4 is 5.43 Å². The lowest BCUT2D eigenvalue weighted by molar-refractivity contribution is 0.0955. The van der Waals surface area contributed by atoms with E-state index in [4.69, 9.17) is 11.6 Å². The molecule has 0 aliphatic rings. The van der Waals surface area contributed by atoms with Gasteiger partial charge in [0, 0.05) is 39.6 Å². The fourth-order valence-electron chi connectivity index (χ4n) is 4.64. The topological polar surface area (TPSA) is 51.3 Å². The molecule has 7 heteroatoms. The number of hydrogen-bond acceptors (Lipinski definition) is 2. The number of carbonyl (C=O) groups is 1. The van der Waals surface area contributed by atoms with Crippen LogP contribution in [0.5, 0.6) is 0 Å². The first-order valence-corrected chi connectivity index (χ1v) is 12.5. The summed E-state index contributed by atoms with van der Waals surface area (Å²) in [6, 6.07) is 28.4. The zero-order chi connectivity index (χ0) is 26.8. The smallest absolute Gasteiger partial charge is 0.271 e. The number of hydrogen-bond donors (Lipinski definition) is 1. The summed E-state index contributed by atoms with van der Waals surface area (Å²) < 4.78 is 17.7. The third kappa shape index (κ3) is 4.91. The van der Waals surface area contributed by atoms with Crippen molar-refractivity contribution in [3.8, 4) is 22.6 Å². The highest BCUT2D eigenvalue weighted by atomic mass is 35.5. The molecular formula is C31H26ClFN4O. The predicted molar refractivity (Wildman–Crippen MR) is 151 cm³/mol. The van der Waals surface area contributed by atoms with Crippen molar-refractivity contribution in [1.29, 1.82) is 0 Å². The van der Waals surface area contributed by atoms with Crippen molar-refractivity contribution < 1.29 is 9.18 Å². The van der Waals surface area contributed by atoms with E-state index < -0.39 is 5.82 Å². The molecule has 0 aliphatic carbocycles. The van der Waals surface area contributed by atoms with Crippen molar-refractivity contribution in [2.45, 2.75) is 20.8 Å². The molecule has 5 rings (SSSR count). The maximum Gasteiger partial charge on any atom is 0.271 e. The minimum absolute atomic E-state index is 0.0618. The van der Waals surface area contributed by atoms with E-state index >= 15 is 0 Å². The van der Waals surface area contributed by atoms with E-state index in [1.165, 1.54) is 6.07 Å². The largest absolute Gasteiger partial charge is 0.318 e. The minimum Gasteiger partial charge on any atom is -0.318 e. The summed E-state index contributed by atoms with van der Waals surface area (Å²) in [4.78, 5) is 12.7. The van der Waals surface area contributed by atoms with Crippen molar-refractivity contribution in [1.82, 2.24) is 14.6 Å². The van der Waals surface area contributed by atoms with E-state index in [2.05, 4.69) is 46.3 Å². The molecule has 3 aromatic carbocycles. The van der Waals surface area contributed by atoms with Gasteiger partial charge in [0.05, 0.1) is 16.9 Å². The Kier molecular flexibility index (Phi) is 6.99. The molecule has 0 saturated heterocycles. The number of carbonyl (C=O) groups excluding carboxylic acids is 1. The number of rotatable bonds is 6. The summed E-state index contributed by atoms with van der Waals surface area (Å²) in [7, 11) is 0. The zero-order valence-corrected chi connectivity index (χ0v) is 22.0. The van der Waals surface area contributed by atoms with Gasteiger partial charge in [-0.15, -0.1) is 0 Å². The molecular weight excluding hydrogens is 499 g/mol. The molecule has 190 valence electrons. The second kappa shape index (κ2) is 10.5. The molecule has 0 aliphatic heterocycles. The van der Waals surface area contributed by atoms with Crippen molar-refractivity contribution in [3.05, 3.63) is 130 Å². The van der Waals surface area contributed by atoms with Crippen LogP contribution in [0.15, 0.2) is 96.1 Å². The van der Waals surface area contributed by atoms with E-state index in [0.717, 1.165) is 45.3 Å². The number of benzene rings is 3. The highest BCUT2D eigenvalue weighted by Gasteiger charge is 2.13. The number of aromatic nitrogens is 2. The van der Waals surface area contributed by atoms with Gasteiger partial charge >= 0.3 is 0 Å². The average molecular weight is 525 g/mol. The lowest BCUT2D eigenvalue weighted by atomic mass is 10.1. The zero-order valence-electron chi connectivity index (χ0n) is 21.2. The van der Waals surface area contributed by atoms with Gasteiger partial charge in [0.25, 0.3) is 5.91 Å². The fraction of sp³-hybridized carbons (Fsp3) is 0.0968. The van der Waals surface area contributed by atoms with Crippen molar-refractivity contribution in [2.75, 3.05) is 0 Å². The van der Waals surface area contributed by atoms with Gasteiger partial charge in [0.2, 0.25) is 0 Å². The summed E-state index contributed by atoms with van der Waals surface area (Å²) >= 11 is 5.97. The van der Waals surface area contributed by atoms with Gasteiger partial charge in [-0.1, -0.05) is 41.9 Å². The van der Waals surface area contributed by atoms with E-state index in [1.54, 1.807) is 30.5 Å².